The molecule has 1 unspecified atom stereocenters. The molecule has 1 aliphatic rings. The summed E-state index contributed by atoms with van der Waals surface area (Å²) in [4.78, 5) is 10.6. The molecule has 4 heteroatoms. The highest BCUT2D eigenvalue weighted by Gasteiger charge is 2.30. The van der Waals surface area contributed by atoms with E-state index in [0.717, 1.165) is 6.92 Å². The molecule has 0 aromatic heterocycles. The molecule has 1 rings (SSSR count). The van der Waals surface area contributed by atoms with Gasteiger partial charge in [-0.25, -0.2) is 8.78 Å². The summed E-state index contributed by atoms with van der Waals surface area (Å²) in [7, 11) is 0. The van der Waals surface area contributed by atoms with Crippen LogP contribution in [-0.2, 0) is 9.53 Å². The minimum atomic E-state index is -2.64. The van der Waals surface area contributed by atoms with Crippen molar-refractivity contribution in [3.05, 3.63) is 0 Å². The van der Waals surface area contributed by atoms with Gasteiger partial charge in [0, 0.05) is 12.8 Å². The molecule has 1 fully saturated rings. The lowest BCUT2D eigenvalue weighted by Crippen LogP contribution is -2.26. The first kappa shape index (κ1) is 9.42. The van der Waals surface area contributed by atoms with Gasteiger partial charge in [0.2, 0.25) is 5.92 Å². The number of alkyl halides is 2. The fourth-order valence-electron chi connectivity index (χ4n) is 1.36. The molecule has 0 aromatic carbocycles. The van der Waals surface area contributed by atoms with E-state index in [0.29, 0.717) is 6.42 Å². The molecule has 0 bridgehead atoms. The van der Waals surface area contributed by atoms with Crippen molar-refractivity contribution in [2.24, 2.45) is 5.92 Å². The zero-order valence-electron chi connectivity index (χ0n) is 6.98. The van der Waals surface area contributed by atoms with Gasteiger partial charge in [0.15, 0.2) is 0 Å². The maximum atomic E-state index is 12.5. The number of carbonyl (C=O) groups is 1. The minimum Gasteiger partial charge on any atom is -0.465 e. The van der Waals surface area contributed by atoms with E-state index in [1.807, 2.05) is 0 Å². The number of rotatable bonds is 2. The molecule has 70 valence electrons. The van der Waals surface area contributed by atoms with Crippen molar-refractivity contribution in [1.29, 1.82) is 0 Å². The average Bonchev–Trinajstić information content (AvgIpc) is 1.91. The van der Waals surface area contributed by atoms with Crippen molar-refractivity contribution >= 4 is 5.97 Å². The molecule has 2 nitrogen and oxygen atoms in total. The lowest BCUT2D eigenvalue weighted by molar-refractivity contribution is -0.151. The van der Waals surface area contributed by atoms with Gasteiger partial charge in [-0.1, -0.05) is 0 Å². The van der Waals surface area contributed by atoms with Crippen LogP contribution in [0.15, 0.2) is 0 Å². The highest BCUT2D eigenvalue weighted by atomic mass is 19.3. The van der Waals surface area contributed by atoms with E-state index < -0.39 is 5.92 Å². The SMILES string of the molecule is CC(F)(F)CC1CCC(=O)OC1. The standard InChI is InChI=1S/C8H12F2O2/c1-8(9,10)4-6-2-3-7(11)12-5-6/h6H,2-5H2,1H3. The van der Waals surface area contributed by atoms with Crippen LogP contribution in [0.5, 0.6) is 0 Å². The van der Waals surface area contributed by atoms with Crippen LogP contribution in [0, 0.1) is 5.92 Å². The predicted octanol–water partition coefficient (Wildman–Crippen LogP) is 1.98. The maximum absolute atomic E-state index is 12.5. The zero-order valence-corrected chi connectivity index (χ0v) is 6.98. The molecule has 0 N–H and O–H groups in total. The second kappa shape index (κ2) is 3.37. The van der Waals surface area contributed by atoms with Crippen LogP contribution in [0.3, 0.4) is 0 Å². The largest absolute Gasteiger partial charge is 0.465 e. The molecule has 1 saturated heterocycles. The van der Waals surface area contributed by atoms with Crippen LogP contribution in [0.1, 0.15) is 26.2 Å². The van der Waals surface area contributed by atoms with Crippen molar-refractivity contribution in [1.82, 2.24) is 0 Å². The number of hydrogen-bond acceptors (Lipinski definition) is 2. The third-order valence-electron chi connectivity index (χ3n) is 1.88. The summed E-state index contributed by atoms with van der Waals surface area (Å²) in [5.41, 5.74) is 0. The monoisotopic (exact) mass is 178 g/mol. The Labute approximate surface area is 69.9 Å². The Morgan fingerprint density at radius 1 is 1.67 bits per heavy atom. The average molecular weight is 178 g/mol. The predicted molar refractivity (Wildman–Crippen MR) is 38.9 cm³/mol. The molecule has 1 heterocycles. The summed E-state index contributed by atoms with van der Waals surface area (Å²) in [6, 6.07) is 0. The lowest BCUT2D eigenvalue weighted by atomic mass is 9.95. The topological polar surface area (TPSA) is 26.3 Å². The smallest absolute Gasteiger partial charge is 0.305 e. The van der Waals surface area contributed by atoms with Gasteiger partial charge in [-0.15, -0.1) is 0 Å². The van der Waals surface area contributed by atoms with E-state index in [2.05, 4.69) is 4.74 Å². The molecule has 12 heavy (non-hydrogen) atoms. The van der Waals surface area contributed by atoms with Crippen LogP contribution in [-0.4, -0.2) is 18.5 Å². The maximum Gasteiger partial charge on any atom is 0.305 e. The van der Waals surface area contributed by atoms with Crippen LogP contribution in [0.4, 0.5) is 8.78 Å². The third kappa shape index (κ3) is 3.15. The Kier molecular flexibility index (Phi) is 2.65. The molecular weight excluding hydrogens is 166 g/mol. The van der Waals surface area contributed by atoms with Gasteiger partial charge in [0.1, 0.15) is 0 Å². The van der Waals surface area contributed by atoms with E-state index >= 15 is 0 Å². The van der Waals surface area contributed by atoms with Crippen LogP contribution < -0.4 is 0 Å². The molecule has 1 atom stereocenters. The Morgan fingerprint density at radius 2 is 2.33 bits per heavy atom. The van der Waals surface area contributed by atoms with Crippen molar-refractivity contribution in [3.63, 3.8) is 0 Å². The summed E-state index contributed by atoms with van der Waals surface area (Å²) >= 11 is 0. The third-order valence-corrected chi connectivity index (χ3v) is 1.88. The second-order valence-electron chi connectivity index (χ2n) is 3.36. The molecule has 0 radical (unpaired) electrons. The number of halogens is 2. The lowest BCUT2D eigenvalue weighted by Gasteiger charge is -2.23. The summed E-state index contributed by atoms with van der Waals surface area (Å²) in [5, 5.41) is 0. The van der Waals surface area contributed by atoms with Gasteiger partial charge in [-0.3, -0.25) is 4.79 Å². The number of carbonyl (C=O) groups excluding carboxylic acids is 1. The van der Waals surface area contributed by atoms with Gasteiger partial charge >= 0.3 is 5.97 Å². The number of cyclic esters (lactones) is 1. The molecular formula is C8H12F2O2. The summed E-state index contributed by atoms with van der Waals surface area (Å²) in [6.45, 7) is 1.05. The Hall–Kier alpha value is -0.670. The van der Waals surface area contributed by atoms with Gasteiger partial charge < -0.3 is 4.74 Å². The number of ether oxygens (including phenoxy) is 1. The normalized spacial score (nSPS) is 25.2. The second-order valence-corrected chi connectivity index (χ2v) is 3.36. The van der Waals surface area contributed by atoms with Gasteiger partial charge in [-0.2, -0.15) is 0 Å². The van der Waals surface area contributed by atoms with Crippen LogP contribution >= 0.6 is 0 Å². The Morgan fingerprint density at radius 3 is 2.75 bits per heavy atom. The molecule has 0 spiro atoms. The highest BCUT2D eigenvalue weighted by Crippen LogP contribution is 2.27. The van der Waals surface area contributed by atoms with Crippen LogP contribution in [0.25, 0.3) is 0 Å². The quantitative estimate of drug-likeness (QED) is 0.604. The van der Waals surface area contributed by atoms with Gasteiger partial charge in [0.25, 0.3) is 0 Å². The molecule has 0 aliphatic carbocycles. The minimum absolute atomic E-state index is 0.155. The van der Waals surface area contributed by atoms with Gasteiger partial charge in [-0.05, 0) is 19.3 Å². The Balaban J connectivity index is 2.31. The van der Waals surface area contributed by atoms with E-state index in [4.69, 9.17) is 0 Å². The number of hydrogen-bond donors (Lipinski definition) is 0. The molecule has 0 aromatic rings. The van der Waals surface area contributed by atoms with Gasteiger partial charge in [0.05, 0.1) is 6.61 Å². The first-order valence-electron chi connectivity index (χ1n) is 4.01. The van der Waals surface area contributed by atoms with Crippen molar-refractivity contribution in [3.8, 4) is 0 Å². The van der Waals surface area contributed by atoms with E-state index in [1.165, 1.54) is 0 Å². The van der Waals surface area contributed by atoms with E-state index in [9.17, 15) is 13.6 Å². The summed E-state index contributed by atoms with van der Waals surface area (Å²) in [5.74, 6) is -3.08. The molecule has 0 saturated carbocycles. The van der Waals surface area contributed by atoms with Crippen LogP contribution in [0.2, 0.25) is 0 Å². The fourth-order valence-corrected chi connectivity index (χ4v) is 1.36. The number of esters is 1. The molecule has 0 amide bonds. The fraction of sp³-hybridized carbons (Fsp3) is 0.875. The van der Waals surface area contributed by atoms with Crippen molar-refractivity contribution in [2.75, 3.05) is 6.61 Å². The first-order chi connectivity index (χ1) is 5.47. The van der Waals surface area contributed by atoms with E-state index in [-0.39, 0.29) is 31.3 Å². The van der Waals surface area contributed by atoms with Crippen molar-refractivity contribution < 1.29 is 18.3 Å². The highest BCUT2D eigenvalue weighted by molar-refractivity contribution is 5.69. The Bertz CT molecular complexity index is 164. The zero-order chi connectivity index (χ0) is 9.19. The van der Waals surface area contributed by atoms with E-state index in [1.54, 1.807) is 0 Å². The molecule has 1 aliphatic heterocycles. The summed E-state index contributed by atoms with van der Waals surface area (Å²) < 4.78 is 29.6. The van der Waals surface area contributed by atoms with Crippen molar-refractivity contribution in [2.45, 2.75) is 32.1 Å². The summed E-state index contributed by atoms with van der Waals surface area (Å²) in [6.07, 6.45) is 0.628. The first-order valence-corrected chi connectivity index (χ1v) is 4.01.